The Morgan fingerprint density at radius 2 is 2.20 bits per heavy atom. The molecule has 3 heteroatoms. The molecule has 102 valence electrons. The Kier molecular flexibility index (Phi) is 2.40. The van der Waals surface area contributed by atoms with Crippen LogP contribution >= 0.6 is 0 Å². The number of nitrogens with one attached hydrogen (secondary N) is 1. The summed E-state index contributed by atoms with van der Waals surface area (Å²) in [6, 6.07) is 3.84. The number of fused-ring (bicyclic) bond motifs is 1. The lowest BCUT2D eigenvalue weighted by Gasteiger charge is -2.18. The topological polar surface area (TPSA) is 42.0 Å². The van der Waals surface area contributed by atoms with E-state index in [4.69, 9.17) is 0 Å². The fourth-order valence-electron chi connectivity index (χ4n) is 3.03. The van der Waals surface area contributed by atoms with E-state index >= 15 is 0 Å². The Bertz CT molecular complexity index is 623. The van der Waals surface area contributed by atoms with Crippen molar-refractivity contribution in [2.24, 2.45) is 17.3 Å². The van der Waals surface area contributed by atoms with Crippen molar-refractivity contribution in [3.05, 3.63) is 47.7 Å². The van der Waals surface area contributed by atoms with Crippen LogP contribution in [0.15, 0.2) is 42.1 Å². The molecule has 1 amide bonds. The summed E-state index contributed by atoms with van der Waals surface area (Å²) in [6.07, 6.45) is 11.7. The molecule has 0 radical (unpaired) electrons. The molecule has 2 unspecified atom stereocenters. The van der Waals surface area contributed by atoms with Gasteiger partial charge >= 0.3 is 0 Å². The van der Waals surface area contributed by atoms with Crippen LogP contribution in [-0.2, 0) is 4.79 Å². The van der Waals surface area contributed by atoms with Gasteiger partial charge in [0.25, 0.3) is 0 Å². The van der Waals surface area contributed by atoms with Crippen LogP contribution in [0.25, 0.3) is 0 Å². The number of anilines is 1. The van der Waals surface area contributed by atoms with Gasteiger partial charge in [-0.3, -0.25) is 4.79 Å². The van der Waals surface area contributed by atoms with Gasteiger partial charge in [-0.1, -0.05) is 24.3 Å². The van der Waals surface area contributed by atoms with Crippen LogP contribution in [0, 0.1) is 24.2 Å². The van der Waals surface area contributed by atoms with Crippen molar-refractivity contribution in [3.63, 3.8) is 0 Å². The van der Waals surface area contributed by atoms with Crippen molar-refractivity contribution in [1.29, 1.82) is 0 Å². The van der Waals surface area contributed by atoms with E-state index in [1.165, 1.54) is 12.0 Å². The summed E-state index contributed by atoms with van der Waals surface area (Å²) < 4.78 is 0. The van der Waals surface area contributed by atoms with E-state index in [0.717, 1.165) is 24.3 Å². The van der Waals surface area contributed by atoms with Gasteiger partial charge in [0, 0.05) is 6.20 Å². The molecule has 2 fully saturated rings. The molecular formula is C17H18N2O. The summed E-state index contributed by atoms with van der Waals surface area (Å²) in [5.41, 5.74) is 2.04. The van der Waals surface area contributed by atoms with Gasteiger partial charge in [-0.25, -0.2) is 4.98 Å². The summed E-state index contributed by atoms with van der Waals surface area (Å²) in [5, 5.41) is 2.97. The minimum Gasteiger partial charge on any atom is -0.310 e. The molecule has 0 saturated heterocycles. The molecule has 2 saturated carbocycles. The van der Waals surface area contributed by atoms with Crippen molar-refractivity contribution in [2.45, 2.75) is 26.2 Å². The smallest absolute Gasteiger partial charge is 0.236 e. The van der Waals surface area contributed by atoms with Crippen molar-refractivity contribution >= 4 is 11.7 Å². The highest BCUT2D eigenvalue weighted by Gasteiger charge is 2.53. The average Bonchev–Trinajstić information content (AvgIpc) is 3.34. The second kappa shape index (κ2) is 4.05. The Morgan fingerprint density at radius 1 is 1.35 bits per heavy atom. The molecule has 0 aromatic carbocycles. The number of allylic oxidation sites excluding steroid dienone is 3. The zero-order chi connectivity index (χ0) is 13.7. The number of aryl methyl sites for hydroxylation is 1. The maximum atomic E-state index is 12.6. The lowest BCUT2D eigenvalue weighted by Crippen LogP contribution is -2.26. The minimum absolute atomic E-state index is 0.101. The fraction of sp³-hybridized carbons (Fsp3) is 0.412. The molecule has 0 bridgehead atoms. The standard InChI is InChI=1S/C17H18N2O/c1-11-2-5-15(18-10-11)19-16(20)17(6-7-17)14-4-3-12-8-13(12)9-14/h2-5,9-10,12-13H,6-8H2,1H3,(H,18,19,20). The molecule has 3 nitrogen and oxygen atoms in total. The SMILES string of the molecule is Cc1ccc(NC(=O)C2(C3=CC4CC4C=C3)CC2)nc1. The van der Waals surface area contributed by atoms with Gasteiger partial charge < -0.3 is 5.32 Å². The third-order valence-electron chi connectivity index (χ3n) is 4.70. The van der Waals surface area contributed by atoms with Crippen LogP contribution < -0.4 is 5.32 Å². The largest absolute Gasteiger partial charge is 0.310 e. The van der Waals surface area contributed by atoms with E-state index in [0.29, 0.717) is 11.7 Å². The van der Waals surface area contributed by atoms with Crippen molar-refractivity contribution in [3.8, 4) is 0 Å². The van der Waals surface area contributed by atoms with Crippen LogP contribution in [0.1, 0.15) is 24.8 Å². The summed E-state index contributed by atoms with van der Waals surface area (Å²) in [5.74, 6) is 2.19. The van der Waals surface area contributed by atoms with Crippen LogP contribution in [0.3, 0.4) is 0 Å². The van der Waals surface area contributed by atoms with E-state index in [9.17, 15) is 4.79 Å². The maximum Gasteiger partial charge on any atom is 0.236 e. The molecule has 2 atom stereocenters. The first-order chi connectivity index (χ1) is 9.67. The molecule has 0 aliphatic heterocycles. The van der Waals surface area contributed by atoms with Crippen LogP contribution in [0.4, 0.5) is 5.82 Å². The Morgan fingerprint density at radius 3 is 2.85 bits per heavy atom. The number of hydrogen-bond donors (Lipinski definition) is 1. The van der Waals surface area contributed by atoms with Gasteiger partial charge in [0.05, 0.1) is 5.41 Å². The van der Waals surface area contributed by atoms with E-state index in [1.54, 1.807) is 6.20 Å². The molecule has 0 spiro atoms. The van der Waals surface area contributed by atoms with E-state index < -0.39 is 0 Å². The van der Waals surface area contributed by atoms with E-state index in [-0.39, 0.29) is 11.3 Å². The molecule has 1 aromatic heterocycles. The summed E-state index contributed by atoms with van der Waals surface area (Å²) in [6.45, 7) is 1.99. The van der Waals surface area contributed by atoms with Crippen molar-refractivity contribution in [1.82, 2.24) is 4.98 Å². The number of nitrogens with zero attached hydrogens (tertiary/aromatic N) is 1. The van der Waals surface area contributed by atoms with Gasteiger partial charge in [-0.05, 0) is 55.2 Å². The zero-order valence-electron chi connectivity index (χ0n) is 11.6. The second-order valence-corrected chi connectivity index (χ2v) is 6.30. The number of carbonyl (C=O) groups is 1. The first kappa shape index (κ1) is 11.9. The number of carbonyl (C=O) groups excluding carboxylic acids is 1. The Balaban J connectivity index is 1.53. The summed E-state index contributed by atoms with van der Waals surface area (Å²) in [4.78, 5) is 16.8. The first-order valence-corrected chi connectivity index (χ1v) is 7.32. The van der Waals surface area contributed by atoms with Crippen molar-refractivity contribution < 1.29 is 4.79 Å². The van der Waals surface area contributed by atoms with Gasteiger partial charge in [0.15, 0.2) is 0 Å². The number of rotatable bonds is 3. The lowest BCUT2D eigenvalue weighted by atomic mass is 9.90. The predicted octanol–water partition coefficient (Wildman–Crippen LogP) is 3.24. The second-order valence-electron chi connectivity index (χ2n) is 6.30. The molecule has 1 aromatic rings. The molecular weight excluding hydrogens is 248 g/mol. The quantitative estimate of drug-likeness (QED) is 0.912. The monoisotopic (exact) mass is 266 g/mol. The third kappa shape index (κ3) is 1.89. The molecule has 3 aliphatic rings. The molecule has 1 N–H and O–H groups in total. The van der Waals surface area contributed by atoms with Gasteiger partial charge in [-0.2, -0.15) is 0 Å². The molecule has 4 rings (SSSR count). The van der Waals surface area contributed by atoms with Gasteiger partial charge in [0.2, 0.25) is 5.91 Å². The molecule has 20 heavy (non-hydrogen) atoms. The highest BCUT2D eigenvalue weighted by atomic mass is 16.2. The fourth-order valence-corrected chi connectivity index (χ4v) is 3.03. The average molecular weight is 266 g/mol. The van der Waals surface area contributed by atoms with Crippen LogP contribution in [0.5, 0.6) is 0 Å². The summed E-state index contributed by atoms with van der Waals surface area (Å²) >= 11 is 0. The Hall–Kier alpha value is -1.90. The summed E-state index contributed by atoms with van der Waals surface area (Å²) in [7, 11) is 0. The lowest BCUT2D eigenvalue weighted by molar-refractivity contribution is -0.119. The van der Waals surface area contributed by atoms with Gasteiger partial charge in [0.1, 0.15) is 5.82 Å². The van der Waals surface area contributed by atoms with E-state index in [1.807, 2.05) is 19.1 Å². The predicted molar refractivity (Wildman–Crippen MR) is 78.1 cm³/mol. The molecule has 3 aliphatic carbocycles. The maximum absolute atomic E-state index is 12.6. The first-order valence-electron chi connectivity index (χ1n) is 7.32. The highest BCUT2D eigenvalue weighted by molar-refractivity contribution is 5.99. The normalized spacial score (nSPS) is 28.4. The highest BCUT2D eigenvalue weighted by Crippen LogP contribution is 2.57. The number of pyridine rings is 1. The van der Waals surface area contributed by atoms with Crippen LogP contribution in [0.2, 0.25) is 0 Å². The van der Waals surface area contributed by atoms with Crippen LogP contribution in [-0.4, -0.2) is 10.9 Å². The number of hydrogen-bond acceptors (Lipinski definition) is 2. The molecule has 1 heterocycles. The number of amides is 1. The number of aromatic nitrogens is 1. The Labute approximate surface area is 118 Å². The minimum atomic E-state index is -0.281. The van der Waals surface area contributed by atoms with E-state index in [2.05, 4.69) is 28.5 Å². The van der Waals surface area contributed by atoms with Gasteiger partial charge in [-0.15, -0.1) is 0 Å². The zero-order valence-corrected chi connectivity index (χ0v) is 11.6. The van der Waals surface area contributed by atoms with Crippen molar-refractivity contribution in [2.75, 3.05) is 5.32 Å². The third-order valence-corrected chi connectivity index (χ3v) is 4.70.